The molecule has 0 saturated carbocycles. The molecule has 3 atom stereocenters. The number of rotatable bonds is 4. The van der Waals surface area contributed by atoms with Gasteiger partial charge >= 0.3 is 0 Å². The molecule has 0 aliphatic carbocycles. The van der Waals surface area contributed by atoms with Gasteiger partial charge in [0.05, 0.1) is 12.1 Å². The molecule has 1 saturated heterocycles. The number of aliphatic hydroxyl groups excluding tert-OH is 1. The molecule has 1 fully saturated rings. The summed E-state index contributed by atoms with van der Waals surface area (Å²) in [5.74, 6) is 0. The van der Waals surface area contributed by atoms with E-state index in [1.807, 2.05) is 30.3 Å². The van der Waals surface area contributed by atoms with Crippen molar-refractivity contribution in [3.8, 4) is 0 Å². The Balaban J connectivity index is 2.11. The third-order valence-corrected chi connectivity index (χ3v) is 4.57. The van der Waals surface area contributed by atoms with E-state index in [1.165, 1.54) is 0 Å². The van der Waals surface area contributed by atoms with Crippen LogP contribution in [0.3, 0.4) is 0 Å². The van der Waals surface area contributed by atoms with Crippen molar-refractivity contribution in [3.05, 3.63) is 35.9 Å². The van der Waals surface area contributed by atoms with Crippen molar-refractivity contribution in [1.29, 1.82) is 0 Å². The molecule has 0 amide bonds. The number of benzene rings is 1. The Bertz CT molecular complexity index is 413. The monoisotopic (exact) mass is 277 g/mol. The maximum atomic E-state index is 9.79. The van der Waals surface area contributed by atoms with Gasteiger partial charge < -0.3 is 10.8 Å². The summed E-state index contributed by atoms with van der Waals surface area (Å²) < 4.78 is 0. The normalized spacial score (nSPS) is 28.2. The van der Waals surface area contributed by atoms with Crippen LogP contribution in [0.25, 0.3) is 0 Å². The Labute approximate surface area is 122 Å². The van der Waals surface area contributed by atoms with E-state index < -0.39 is 5.54 Å². The van der Waals surface area contributed by atoms with Gasteiger partial charge in [0.15, 0.2) is 0 Å². The van der Waals surface area contributed by atoms with E-state index in [0.29, 0.717) is 18.6 Å². The summed E-state index contributed by atoms with van der Waals surface area (Å²) in [6.45, 7) is 7.12. The maximum absolute atomic E-state index is 9.79. The largest absolute Gasteiger partial charge is 0.394 e. The van der Waals surface area contributed by atoms with E-state index in [2.05, 4.69) is 30.7 Å². The summed E-state index contributed by atoms with van der Waals surface area (Å²) >= 11 is 0. The Hall–Kier alpha value is -0.940. The van der Waals surface area contributed by atoms with Gasteiger partial charge in [0.25, 0.3) is 0 Å². The Kier molecular flexibility index (Phi) is 4.81. The number of likely N-dealkylation sites (N-methyl/N-ethyl adjacent to an activating group) is 1. The molecule has 2 rings (SSSR count). The molecule has 1 aromatic carbocycles. The van der Waals surface area contributed by atoms with E-state index in [4.69, 9.17) is 5.73 Å². The van der Waals surface area contributed by atoms with Crippen LogP contribution in [0.1, 0.15) is 19.4 Å². The second-order valence-electron chi connectivity index (χ2n) is 6.24. The highest BCUT2D eigenvalue weighted by molar-refractivity contribution is 5.24. The van der Waals surface area contributed by atoms with E-state index in [-0.39, 0.29) is 6.61 Å². The van der Waals surface area contributed by atoms with E-state index >= 15 is 0 Å². The second-order valence-corrected chi connectivity index (χ2v) is 6.24. The zero-order chi connectivity index (χ0) is 14.8. The van der Waals surface area contributed by atoms with Gasteiger partial charge in [-0.2, -0.15) is 0 Å². The number of nitrogens with two attached hydrogens (primary N) is 1. The molecule has 3 N–H and O–H groups in total. The maximum Gasteiger partial charge on any atom is 0.0772 e. The number of aliphatic hydroxyl groups is 1. The molecule has 1 aliphatic rings. The molecule has 20 heavy (non-hydrogen) atoms. The minimum absolute atomic E-state index is 0.0356. The SMILES string of the molecule is CC1CN(CC(N)(CO)c2ccccc2)CC(C)N1C. The van der Waals surface area contributed by atoms with E-state index in [0.717, 1.165) is 18.7 Å². The molecule has 0 radical (unpaired) electrons. The van der Waals surface area contributed by atoms with Crippen LogP contribution in [0.15, 0.2) is 30.3 Å². The lowest BCUT2D eigenvalue weighted by Crippen LogP contribution is -2.59. The lowest BCUT2D eigenvalue weighted by Gasteiger charge is -2.45. The first-order valence-corrected chi connectivity index (χ1v) is 7.36. The van der Waals surface area contributed by atoms with Gasteiger partial charge in [0, 0.05) is 31.7 Å². The van der Waals surface area contributed by atoms with Crippen molar-refractivity contribution >= 4 is 0 Å². The van der Waals surface area contributed by atoms with E-state index in [9.17, 15) is 5.11 Å². The summed E-state index contributed by atoms with van der Waals surface area (Å²) in [7, 11) is 2.17. The summed E-state index contributed by atoms with van der Waals surface area (Å²) in [4.78, 5) is 4.77. The zero-order valence-corrected chi connectivity index (χ0v) is 12.8. The summed E-state index contributed by atoms with van der Waals surface area (Å²) in [6, 6.07) is 10.9. The van der Waals surface area contributed by atoms with Gasteiger partial charge in [-0.3, -0.25) is 9.80 Å². The fourth-order valence-electron chi connectivity index (χ4n) is 3.04. The average Bonchev–Trinajstić information content (AvgIpc) is 2.45. The van der Waals surface area contributed by atoms with Gasteiger partial charge in [0.1, 0.15) is 0 Å². The molecule has 1 aromatic rings. The second kappa shape index (κ2) is 6.22. The van der Waals surface area contributed by atoms with Gasteiger partial charge in [0.2, 0.25) is 0 Å². The first-order chi connectivity index (χ1) is 9.46. The quantitative estimate of drug-likeness (QED) is 0.857. The summed E-state index contributed by atoms with van der Waals surface area (Å²) in [5, 5.41) is 9.79. The molecular formula is C16H27N3O. The highest BCUT2D eigenvalue weighted by Crippen LogP contribution is 2.22. The van der Waals surface area contributed by atoms with Crippen molar-refractivity contribution in [3.63, 3.8) is 0 Å². The van der Waals surface area contributed by atoms with Crippen LogP contribution >= 0.6 is 0 Å². The molecule has 0 aromatic heterocycles. The first-order valence-electron chi connectivity index (χ1n) is 7.36. The van der Waals surface area contributed by atoms with Gasteiger partial charge in [-0.15, -0.1) is 0 Å². The van der Waals surface area contributed by atoms with Gasteiger partial charge in [-0.25, -0.2) is 0 Å². The van der Waals surface area contributed by atoms with Crippen LogP contribution in [0.4, 0.5) is 0 Å². The fourth-order valence-corrected chi connectivity index (χ4v) is 3.04. The van der Waals surface area contributed by atoms with Crippen LogP contribution in [0, 0.1) is 0 Å². The Morgan fingerprint density at radius 1 is 1.20 bits per heavy atom. The molecular weight excluding hydrogens is 250 g/mol. The molecule has 1 aliphatic heterocycles. The summed E-state index contributed by atoms with van der Waals surface area (Å²) in [5.41, 5.74) is 6.79. The van der Waals surface area contributed by atoms with Crippen molar-refractivity contribution in [1.82, 2.24) is 9.80 Å². The smallest absolute Gasteiger partial charge is 0.0772 e. The van der Waals surface area contributed by atoms with E-state index in [1.54, 1.807) is 0 Å². The lowest BCUT2D eigenvalue weighted by molar-refractivity contribution is 0.0358. The molecule has 4 nitrogen and oxygen atoms in total. The van der Waals surface area contributed by atoms with Crippen molar-refractivity contribution < 1.29 is 5.11 Å². The zero-order valence-electron chi connectivity index (χ0n) is 12.8. The van der Waals surface area contributed by atoms with Crippen molar-refractivity contribution in [2.75, 3.05) is 33.3 Å². The lowest BCUT2D eigenvalue weighted by atomic mass is 9.90. The third-order valence-electron chi connectivity index (χ3n) is 4.57. The number of piperazine rings is 1. The molecule has 3 unspecified atom stereocenters. The third kappa shape index (κ3) is 3.20. The fraction of sp³-hybridized carbons (Fsp3) is 0.625. The highest BCUT2D eigenvalue weighted by Gasteiger charge is 2.33. The Morgan fingerprint density at radius 2 is 1.75 bits per heavy atom. The van der Waals surface area contributed by atoms with Crippen LogP contribution in [-0.4, -0.2) is 60.3 Å². The van der Waals surface area contributed by atoms with Crippen molar-refractivity contribution in [2.45, 2.75) is 31.5 Å². The number of hydrogen-bond acceptors (Lipinski definition) is 4. The minimum atomic E-state index is -0.684. The van der Waals surface area contributed by atoms with Crippen LogP contribution < -0.4 is 5.73 Å². The standard InChI is InChI=1S/C16H27N3O/c1-13-9-19(10-14(2)18(13)3)11-16(17,12-20)15-7-5-4-6-8-15/h4-8,13-14,20H,9-12,17H2,1-3H3. The molecule has 4 heteroatoms. The van der Waals surface area contributed by atoms with Crippen molar-refractivity contribution in [2.24, 2.45) is 5.73 Å². The molecule has 112 valence electrons. The van der Waals surface area contributed by atoms with Gasteiger partial charge in [-0.05, 0) is 26.5 Å². The number of nitrogens with zero attached hydrogens (tertiary/aromatic N) is 2. The minimum Gasteiger partial charge on any atom is -0.394 e. The van der Waals surface area contributed by atoms with Gasteiger partial charge in [-0.1, -0.05) is 30.3 Å². The van der Waals surface area contributed by atoms with Crippen LogP contribution in [0.2, 0.25) is 0 Å². The first kappa shape index (κ1) is 15.4. The highest BCUT2D eigenvalue weighted by atomic mass is 16.3. The topological polar surface area (TPSA) is 52.7 Å². The average molecular weight is 277 g/mol. The molecule has 0 bridgehead atoms. The van der Waals surface area contributed by atoms with Crippen LogP contribution in [-0.2, 0) is 5.54 Å². The predicted molar refractivity (Wildman–Crippen MR) is 82.5 cm³/mol. The van der Waals surface area contributed by atoms with Crippen LogP contribution in [0.5, 0.6) is 0 Å². The number of hydrogen-bond donors (Lipinski definition) is 2. The molecule has 1 heterocycles. The summed E-state index contributed by atoms with van der Waals surface area (Å²) in [6.07, 6.45) is 0. The predicted octanol–water partition coefficient (Wildman–Crippen LogP) is 0.857. The Morgan fingerprint density at radius 3 is 2.25 bits per heavy atom. The molecule has 0 spiro atoms.